The van der Waals surface area contributed by atoms with E-state index in [2.05, 4.69) is 20.8 Å². The van der Waals surface area contributed by atoms with Crippen LogP contribution >= 0.6 is 0 Å². The van der Waals surface area contributed by atoms with E-state index in [-0.39, 0.29) is 18.3 Å². The number of benzene rings is 2. The van der Waals surface area contributed by atoms with Crippen LogP contribution in [-0.2, 0) is 17.6 Å². The molecule has 0 bridgehead atoms. The van der Waals surface area contributed by atoms with Gasteiger partial charge >= 0.3 is 6.18 Å². The zero-order valence-electron chi connectivity index (χ0n) is 17.0. The van der Waals surface area contributed by atoms with Crippen LogP contribution in [0.3, 0.4) is 0 Å². The second-order valence-electron chi connectivity index (χ2n) is 6.87. The number of alkyl halides is 3. The molecule has 2 heterocycles. The molecule has 2 aromatic heterocycles. The number of aromatic nitrogens is 2. The molecule has 33 heavy (non-hydrogen) atoms. The van der Waals surface area contributed by atoms with Gasteiger partial charge in [-0.3, -0.25) is 9.63 Å². The summed E-state index contributed by atoms with van der Waals surface area (Å²) in [6.45, 7) is 0.220. The maximum Gasteiger partial charge on any atom is 0.416 e. The Morgan fingerprint density at radius 1 is 0.939 bits per heavy atom. The lowest BCUT2D eigenvalue weighted by Gasteiger charge is -2.07. The van der Waals surface area contributed by atoms with E-state index >= 15 is 0 Å². The van der Waals surface area contributed by atoms with Gasteiger partial charge in [-0.2, -0.15) is 13.2 Å². The quantitative estimate of drug-likeness (QED) is 0.366. The molecule has 2 N–H and O–H groups in total. The second-order valence-corrected chi connectivity index (χ2v) is 6.87. The van der Waals surface area contributed by atoms with E-state index < -0.39 is 17.6 Å². The van der Waals surface area contributed by atoms with Crippen molar-refractivity contribution in [1.82, 2.24) is 15.4 Å². The van der Waals surface area contributed by atoms with Crippen molar-refractivity contribution in [2.24, 2.45) is 0 Å². The van der Waals surface area contributed by atoms with Gasteiger partial charge in [0, 0.05) is 5.56 Å². The number of hydrogen-bond acceptors (Lipinski definition) is 6. The van der Waals surface area contributed by atoms with Crippen LogP contribution in [-0.4, -0.2) is 15.9 Å². The minimum Gasteiger partial charge on any atom is -0.423 e. The second kappa shape index (κ2) is 9.53. The Morgan fingerprint density at radius 3 is 2.36 bits per heavy atom. The molecule has 7 nitrogen and oxygen atoms in total. The summed E-state index contributed by atoms with van der Waals surface area (Å²) in [6.07, 6.45) is -1.60. The number of hydrogen-bond donors (Lipinski definition) is 2. The molecule has 0 unspecified atom stereocenters. The minimum atomic E-state index is -4.41. The van der Waals surface area contributed by atoms with Gasteiger partial charge in [-0.15, -0.1) is 0 Å². The first-order chi connectivity index (χ1) is 15.9. The highest BCUT2D eigenvalue weighted by Gasteiger charge is 2.30. The molecule has 0 fully saturated rings. The van der Waals surface area contributed by atoms with E-state index in [4.69, 9.17) is 9.25 Å². The van der Waals surface area contributed by atoms with Crippen LogP contribution in [0.15, 0.2) is 83.5 Å². The lowest BCUT2D eigenvalue weighted by atomic mass is 10.1. The standard InChI is InChI=1S/C23H17F3N4O3/c24-23(25,26)17-8-6-16(7-9-17)20-13-28-22(33-20)29-18-10-11-19(27-12-18)21(31)30-32-14-15-4-2-1-3-5-15/h1-13H,14H2,(H,28,29)(H,30,31). The molecular weight excluding hydrogens is 437 g/mol. The molecule has 0 saturated carbocycles. The van der Waals surface area contributed by atoms with Crippen molar-refractivity contribution in [3.63, 3.8) is 0 Å². The number of nitrogens with one attached hydrogen (secondary N) is 2. The fourth-order valence-electron chi connectivity index (χ4n) is 2.83. The molecule has 0 spiro atoms. The van der Waals surface area contributed by atoms with Crippen LogP contribution in [0.2, 0.25) is 0 Å². The summed E-state index contributed by atoms with van der Waals surface area (Å²) >= 11 is 0. The lowest BCUT2D eigenvalue weighted by molar-refractivity contribution is -0.137. The van der Waals surface area contributed by atoms with Crippen LogP contribution in [0.4, 0.5) is 24.9 Å². The van der Waals surface area contributed by atoms with Gasteiger partial charge in [0.25, 0.3) is 11.9 Å². The number of rotatable bonds is 7. The molecule has 0 radical (unpaired) electrons. The first-order valence-corrected chi connectivity index (χ1v) is 9.71. The highest BCUT2D eigenvalue weighted by atomic mass is 19.4. The van der Waals surface area contributed by atoms with Crippen molar-refractivity contribution in [2.45, 2.75) is 12.8 Å². The van der Waals surface area contributed by atoms with Crippen molar-refractivity contribution < 1.29 is 27.2 Å². The van der Waals surface area contributed by atoms with Crippen molar-refractivity contribution in [2.75, 3.05) is 5.32 Å². The SMILES string of the molecule is O=C(NOCc1ccccc1)c1ccc(Nc2ncc(-c3ccc(C(F)(F)F)cc3)o2)cn1. The van der Waals surface area contributed by atoms with Gasteiger partial charge in [0.1, 0.15) is 5.69 Å². The van der Waals surface area contributed by atoms with Crippen molar-refractivity contribution in [3.05, 3.63) is 95.9 Å². The normalized spacial score (nSPS) is 11.2. The van der Waals surface area contributed by atoms with Gasteiger partial charge in [0.15, 0.2) is 5.76 Å². The highest BCUT2D eigenvalue weighted by molar-refractivity contribution is 5.91. The third kappa shape index (κ3) is 5.74. The maximum absolute atomic E-state index is 12.7. The Hall–Kier alpha value is -4.18. The van der Waals surface area contributed by atoms with E-state index in [0.29, 0.717) is 17.0 Å². The largest absolute Gasteiger partial charge is 0.423 e. The smallest absolute Gasteiger partial charge is 0.416 e. The average Bonchev–Trinajstić information content (AvgIpc) is 3.28. The van der Waals surface area contributed by atoms with Crippen molar-refractivity contribution >= 4 is 17.6 Å². The Labute approximate surface area is 186 Å². The summed E-state index contributed by atoms with van der Waals surface area (Å²) in [6, 6.07) is 17.1. The van der Waals surface area contributed by atoms with Crippen molar-refractivity contribution in [1.29, 1.82) is 0 Å². The summed E-state index contributed by atoms with van der Waals surface area (Å²) in [5.74, 6) is -0.205. The summed E-state index contributed by atoms with van der Waals surface area (Å²) in [5, 5.41) is 2.88. The Bertz CT molecular complexity index is 1210. The fourth-order valence-corrected chi connectivity index (χ4v) is 2.83. The van der Waals surface area contributed by atoms with Crippen LogP contribution in [0.5, 0.6) is 0 Å². The molecule has 4 aromatic rings. The van der Waals surface area contributed by atoms with Crippen LogP contribution < -0.4 is 10.8 Å². The van der Waals surface area contributed by atoms with Crippen LogP contribution in [0.1, 0.15) is 21.6 Å². The first kappa shape index (κ1) is 22.0. The molecule has 0 aliphatic carbocycles. The average molecular weight is 454 g/mol. The number of nitrogens with zero attached hydrogens (tertiary/aromatic N) is 2. The van der Waals surface area contributed by atoms with Gasteiger partial charge < -0.3 is 9.73 Å². The molecule has 4 rings (SSSR count). The van der Waals surface area contributed by atoms with Gasteiger partial charge in [0.05, 0.1) is 30.3 Å². The monoisotopic (exact) mass is 454 g/mol. The van der Waals surface area contributed by atoms with Crippen molar-refractivity contribution in [3.8, 4) is 11.3 Å². The van der Waals surface area contributed by atoms with Crippen LogP contribution in [0.25, 0.3) is 11.3 Å². The number of pyridine rings is 1. The molecule has 0 aliphatic heterocycles. The maximum atomic E-state index is 12.7. The molecule has 10 heteroatoms. The Kier molecular flexibility index (Phi) is 6.36. The third-order valence-corrected chi connectivity index (χ3v) is 4.50. The zero-order chi connectivity index (χ0) is 23.3. The predicted octanol–water partition coefficient (Wildman–Crippen LogP) is 5.36. The van der Waals surface area contributed by atoms with Gasteiger partial charge in [-0.1, -0.05) is 42.5 Å². The number of carbonyl (C=O) groups excluding carboxylic acids is 1. The van der Waals surface area contributed by atoms with Gasteiger partial charge in [-0.25, -0.2) is 15.4 Å². The molecule has 0 saturated heterocycles. The summed E-state index contributed by atoms with van der Waals surface area (Å²) in [5.41, 5.74) is 3.58. The molecule has 0 atom stereocenters. The molecule has 0 aliphatic rings. The minimum absolute atomic E-state index is 0.120. The summed E-state index contributed by atoms with van der Waals surface area (Å²) in [7, 11) is 0. The number of hydroxylamine groups is 1. The summed E-state index contributed by atoms with van der Waals surface area (Å²) in [4.78, 5) is 25.4. The molecular formula is C23H17F3N4O3. The van der Waals surface area contributed by atoms with E-state index in [9.17, 15) is 18.0 Å². The van der Waals surface area contributed by atoms with Gasteiger partial charge in [-0.05, 0) is 29.8 Å². The predicted molar refractivity (Wildman–Crippen MR) is 113 cm³/mol. The number of anilines is 2. The lowest BCUT2D eigenvalue weighted by Crippen LogP contribution is -2.24. The number of oxazole rings is 1. The van der Waals surface area contributed by atoms with E-state index in [1.54, 1.807) is 6.07 Å². The van der Waals surface area contributed by atoms with E-state index in [1.807, 2.05) is 30.3 Å². The van der Waals surface area contributed by atoms with Crippen LogP contribution in [0, 0.1) is 0 Å². The third-order valence-electron chi connectivity index (χ3n) is 4.50. The first-order valence-electron chi connectivity index (χ1n) is 9.71. The Morgan fingerprint density at radius 2 is 1.70 bits per heavy atom. The molecule has 168 valence electrons. The van der Waals surface area contributed by atoms with Gasteiger partial charge in [0.2, 0.25) is 0 Å². The topological polar surface area (TPSA) is 89.3 Å². The fraction of sp³-hybridized carbons (Fsp3) is 0.0870. The Balaban J connectivity index is 1.33. The number of halogens is 3. The number of carbonyl (C=O) groups is 1. The van der Waals surface area contributed by atoms with E-state index in [0.717, 1.165) is 17.7 Å². The zero-order valence-corrected chi connectivity index (χ0v) is 17.0. The number of amides is 1. The molecule has 2 aromatic carbocycles. The highest BCUT2D eigenvalue weighted by Crippen LogP contribution is 2.31. The summed E-state index contributed by atoms with van der Waals surface area (Å²) < 4.78 is 43.6. The van der Waals surface area contributed by atoms with E-state index in [1.165, 1.54) is 30.6 Å². The molecule has 1 amide bonds.